The first-order valence-corrected chi connectivity index (χ1v) is 5.48. The van der Waals surface area contributed by atoms with Crippen LogP contribution >= 0.6 is 0 Å². The summed E-state index contributed by atoms with van der Waals surface area (Å²) < 4.78 is 4.94. The van der Waals surface area contributed by atoms with Crippen LogP contribution in [0.25, 0.3) is 0 Å². The molecule has 2 heteroatoms. The minimum absolute atomic E-state index is 0.228. The van der Waals surface area contributed by atoms with Crippen LogP contribution in [0.15, 0.2) is 42.7 Å². The third kappa shape index (κ3) is 4.30. The Balaban J connectivity index is 2.71. The highest BCUT2D eigenvalue weighted by molar-refractivity contribution is 5.75. The molecule has 1 atom stereocenters. The average Bonchev–Trinajstić information content (AvgIpc) is 2.30. The summed E-state index contributed by atoms with van der Waals surface area (Å²) in [6.45, 7) is 1.63. The largest absolute Gasteiger partial charge is 0.505 e. The molecule has 0 aromatic heterocycles. The number of hydrogen-bond acceptors (Lipinski definition) is 2. The van der Waals surface area contributed by atoms with Crippen molar-refractivity contribution in [3.05, 3.63) is 48.2 Å². The van der Waals surface area contributed by atoms with E-state index in [4.69, 9.17) is 4.74 Å². The van der Waals surface area contributed by atoms with Crippen LogP contribution in [-0.2, 0) is 9.53 Å². The first-order chi connectivity index (χ1) is 7.74. The van der Waals surface area contributed by atoms with E-state index in [9.17, 15) is 4.79 Å². The third-order valence-electron chi connectivity index (χ3n) is 2.48. The van der Waals surface area contributed by atoms with Crippen molar-refractivity contribution in [2.75, 3.05) is 7.11 Å². The van der Waals surface area contributed by atoms with Gasteiger partial charge in [-0.15, -0.1) is 0 Å². The topological polar surface area (TPSA) is 26.3 Å². The van der Waals surface area contributed by atoms with E-state index >= 15 is 0 Å². The van der Waals surface area contributed by atoms with Crippen LogP contribution in [0.3, 0.4) is 0 Å². The minimum atomic E-state index is 0.228. The summed E-state index contributed by atoms with van der Waals surface area (Å²) >= 11 is 0. The van der Waals surface area contributed by atoms with Crippen molar-refractivity contribution < 1.29 is 9.53 Å². The summed E-state index contributed by atoms with van der Waals surface area (Å²) in [4.78, 5) is 11.0. The summed E-state index contributed by atoms with van der Waals surface area (Å²) in [7, 11) is 1.63. The molecule has 1 aromatic rings. The smallest absolute Gasteiger partial charge is 0.129 e. The Morgan fingerprint density at radius 3 is 2.62 bits per heavy atom. The number of benzene rings is 1. The van der Waals surface area contributed by atoms with Gasteiger partial charge in [0, 0.05) is 12.3 Å². The number of rotatable bonds is 6. The molecule has 1 rings (SSSR count). The Hall–Kier alpha value is -1.57. The predicted molar refractivity (Wildman–Crippen MR) is 65.2 cm³/mol. The molecule has 0 fully saturated rings. The van der Waals surface area contributed by atoms with Gasteiger partial charge in [-0.3, -0.25) is 0 Å². The highest BCUT2D eigenvalue weighted by Gasteiger charge is 2.08. The van der Waals surface area contributed by atoms with Gasteiger partial charge in [0.1, 0.15) is 5.78 Å². The molecular weight excluding hydrogens is 200 g/mol. The summed E-state index contributed by atoms with van der Waals surface area (Å²) in [5, 5.41) is 0. The molecule has 86 valence electrons. The molecule has 16 heavy (non-hydrogen) atoms. The van der Waals surface area contributed by atoms with Gasteiger partial charge >= 0.3 is 0 Å². The van der Waals surface area contributed by atoms with Gasteiger partial charge in [0.25, 0.3) is 0 Å². The molecule has 0 heterocycles. The molecule has 0 saturated carbocycles. The lowest BCUT2D eigenvalue weighted by Gasteiger charge is -2.11. The van der Waals surface area contributed by atoms with Gasteiger partial charge in [0.05, 0.1) is 13.4 Å². The number of allylic oxidation sites excluding steroid dienone is 1. The summed E-state index contributed by atoms with van der Waals surface area (Å²) in [5.74, 6) is 0.483. The van der Waals surface area contributed by atoms with Crippen LogP contribution in [0.2, 0.25) is 0 Å². The molecule has 0 N–H and O–H groups in total. The van der Waals surface area contributed by atoms with Gasteiger partial charge in [-0.25, -0.2) is 0 Å². The van der Waals surface area contributed by atoms with Gasteiger partial charge in [-0.1, -0.05) is 30.3 Å². The van der Waals surface area contributed by atoms with E-state index in [1.54, 1.807) is 20.3 Å². The zero-order valence-electron chi connectivity index (χ0n) is 9.85. The average molecular weight is 218 g/mol. The maximum atomic E-state index is 11.0. The van der Waals surface area contributed by atoms with Gasteiger partial charge in [0.2, 0.25) is 0 Å². The van der Waals surface area contributed by atoms with E-state index in [1.807, 2.05) is 24.3 Å². The monoisotopic (exact) mass is 218 g/mol. The molecule has 0 radical (unpaired) electrons. The Morgan fingerprint density at radius 2 is 2.06 bits per heavy atom. The molecule has 1 unspecified atom stereocenters. The normalized spacial score (nSPS) is 12.6. The van der Waals surface area contributed by atoms with Gasteiger partial charge < -0.3 is 9.53 Å². The fourth-order valence-electron chi connectivity index (χ4n) is 1.61. The van der Waals surface area contributed by atoms with E-state index < -0.39 is 0 Å². The first kappa shape index (κ1) is 12.5. The van der Waals surface area contributed by atoms with Gasteiger partial charge in [-0.2, -0.15) is 0 Å². The molecule has 0 aliphatic rings. The molecule has 0 aliphatic heterocycles. The second-order valence-electron chi connectivity index (χ2n) is 3.82. The Morgan fingerprint density at radius 1 is 1.38 bits per heavy atom. The van der Waals surface area contributed by atoms with Crippen molar-refractivity contribution in [1.82, 2.24) is 0 Å². The molecule has 0 saturated heterocycles. The van der Waals surface area contributed by atoms with E-state index in [0.29, 0.717) is 6.42 Å². The molecule has 1 aromatic carbocycles. The van der Waals surface area contributed by atoms with Gasteiger partial charge in [0.15, 0.2) is 0 Å². The van der Waals surface area contributed by atoms with E-state index in [2.05, 4.69) is 12.1 Å². The van der Waals surface area contributed by atoms with Crippen LogP contribution in [0.5, 0.6) is 0 Å². The summed E-state index contributed by atoms with van der Waals surface area (Å²) in [6, 6.07) is 10.2. The maximum absolute atomic E-state index is 11.0. The molecule has 0 aliphatic carbocycles. The zero-order valence-corrected chi connectivity index (χ0v) is 9.85. The summed E-state index contributed by atoms with van der Waals surface area (Å²) in [5.41, 5.74) is 1.22. The Labute approximate surface area is 96.9 Å². The van der Waals surface area contributed by atoms with Gasteiger partial charge in [-0.05, 0) is 25.0 Å². The van der Waals surface area contributed by atoms with Crippen molar-refractivity contribution in [1.29, 1.82) is 0 Å². The standard InChI is InChI=1S/C14H18O2/c1-12(15)8-9-14(10-11-16-2)13-6-4-3-5-7-13/h3-7,10-11,14H,8-9H2,1-2H3/b11-10+. The number of ketones is 1. The predicted octanol–water partition coefficient (Wildman–Crippen LogP) is 3.30. The second kappa shape index (κ2) is 6.83. The number of carbonyl (C=O) groups is 1. The van der Waals surface area contributed by atoms with Crippen molar-refractivity contribution in [3.8, 4) is 0 Å². The van der Waals surface area contributed by atoms with Crippen molar-refractivity contribution >= 4 is 5.78 Å². The number of Topliss-reactive ketones (excluding diaryl/α,β-unsaturated/α-hetero) is 1. The first-order valence-electron chi connectivity index (χ1n) is 5.48. The highest BCUT2D eigenvalue weighted by Crippen LogP contribution is 2.22. The zero-order chi connectivity index (χ0) is 11.8. The van der Waals surface area contributed by atoms with Crippen molar-refractivity contribution in [2.24, 2.45) is 0 Å². The van der Waals surface area contributed by atoms with Crippen LogP contribution < -0.4 is 0 Å². The number of methoxy groups -OCH3 is 1. The van der Waals surface area contributed by atoms with Crippen molar-refractivity contribution in [2.45, 2.75) is 25.7 Å². The van der Waals surface area contributed by atoms with Crippen molar-refractivity contribution in [3.63, 3.8) is 0 Å². The molecule has 0 spiro atoms. The lowest BCUT2D eigenvalue weighted by atomic mass is 9.93. The quantitative estimate of drug-likeness (QED) is 0.685. The lowest BCUT2D eigenvalue weighted by molar-refractivity contribution is -0.117. The van der Waals surface area contributed by atoms with Crippen LogP contribution in [-0.4, -0.2) is 12.9 Å². The molecule has 0 bridgehead atoms. The van der Waals surface area contributed by atoms with Crippen LogP contribution in [0.1, 0.15) is 31.2 Å². The Kier molecular flexibility index (Phi) is 5.34. The second-order valence-corrected chi connectivity index (χ2v) is 3.82. The summed E-state index contributed by atoms with van der Waals surface area (Å²) in [6.07, 6.45) is 5.11. The number of hydrogen-bond donors (Lipinski definition) is 0. The Bertz CT molecular complexity index is 341. The van der Waals surface area contributed by atoms with E-state index in [0.717, 1.165) is 6.42 Å². The van der Waals surface area contributed by atoms with E-state index in [1.165, 1.54) is 5.56 Å². The molecular formula is C14H18O2. The molecule has 2 nitrogen and oxygen atoms in total. The third-order valence-corrected chi connectivity index (χ3v) is 2.48. The lowest BCUT2D eigenvalue weighted by Crippen LogP contribution is -1.99. The minimum Gasteiger partial charge on any atom is -0.505 e. The van der Waals surface area contributed by atoms with Crippen LogP contribution in [0.4, 0.5) is 0 Å². The maximum Gasteiger partial charge on any atom is 0.129 e. The van der Waals surface area contributed by atoms with Crippen LogP contribution in [0, 0.1) is 0 Å². The van der Waals surface area contributed by atoms with E-state index in [-0.39, 0.29) is 11.7 Å². The molecule has 0 amide bonds. The number of ether oxygens (including phenoxy) is 1. The SMILES string of the molecule is CO/C=C/C(CCC(C)=O)c1ccccc1. The highest BCUT2D eigenvalue weighted by atomic mass is 16.5. The fourth-order valence-corrected chi connectivity index (χ4v) is 1.61. The fraction of sp³-hybridized carbons (Fsp3) is 0.357. The number of carbonyl (C=O) groups excluding carboxylic acids is 1.